The number of nitrogens with one attached hydrogen (secondary N) is 1. The first-order chi connectivity index (χ1) is 10.0. The van der Waals surface area contributed by atoms with Gasteiger partial charge in [0.2, 0.25) is 0 Å². The number of hydrogen-bond donors (Lipinski definition) is 2. The molecule has 0 aliphatic carbocycles. The second-order valence-corrected chi connectivity index (χ2v) is 5.48. The maximum Gasteiger partial charge on any atom is 0.125 e. The fourth-order valence-corrected chi connectivity index (χ4v) is 2.59. The maximum absolute atomic E-state index is 6.25. The summed E-state index contributed by atoms with van der Waals surface area (Å²) >= 11 is 11.3. The van der Waals surface area contributed by atoms with Gasteiger partial charge in [-0.2, -0.15) is 0 Å². The lowest BCUT2D eigenvalue weighted by Gasteiger charge is -2.16. The smallest absolute Gasteiger partial charge is 0.125 e. The first-order valence-corrected chi connectivity index (χ1v) is 7.28. The number of nitrogens with two attached hydrogens (primary N) is 1. The Kier molecular flexibility index (Phi) is 5.04. The van der Waals surface area contributed by atoms with Gasteiger partial charge in [0.15, 0.2) is 0 Å². The summed E-state index contributed by atoms with van der Waals surface area (Å²) in [7, 11) is 1.63. The minimum atomic E-state index is 0.368. The summed E-state index contributed by atoms with van der Waals surface area (Å²) in [6.07, 6.45) is 0. The molecule has 0 unspecified atom stereocenters. The molecule has 0 amide bonds. The van der Waals surface area contributed by atoms with Gasteiger partial charge in [0, 0.05) is 28.4 Å². The molecule has 0 atom stereocenters. The van der Waals surface area contributed by atoms with Crippen molar-refractivity contribution < 1.29 is 4.74 Å². The van der Waals surface area contributed by atoms with E-state index in [1.54, 1.807) is 7.11 Å². The highest BCUT2D eigenvalue weighted by Crippen LogP contribution is 2.28. The van der Waals surface area contributed by atoms with E-state index in [1.807, 2.05) is 43.3 Å². The predicted molar refractivity (Wildman–Crippen MR) is 92.4 cm³/mol. The van der Waals surface area contributed by atoms with Crippen LogP contribution in [0, 0.1) is 6.92 Å². The van der Waals surface area contributed by atoms with Gasteiger partial charge in [-0.15, -0.1) is 0 Å². The van der Waals surface area contributed by atoms with E-state index in [1.165, 1.54) is 0 Å². The lowest BCUT2D eigenvalue weighted by Crippen LogP contribution is -2.14. The van der Waals surface area contributed by atoms with Gasteiger partial charge in [0.1, 0.15) is 10.7 Å². The lowest BCUT2D eigenvalue weighted by atomic mass is 10.1. The highest BCUT2D eigenvalue weighted by Gasteiger charge is 2.11. The minimum absolute atomic E-state index is 0.368. The van der Waals surface area contributed by atoms with Crippen molar-refractivity contribution in [1.29, 1.82) is 0 Å². The summed E-state index contributed by atoms with van der Waals surface area (Å²) in [5.74, 6) is 0.750. The molecule has 0 heterocycles. The molecule has 0 spiro atoms. The highest BCUT2D eigenvalue weighted by atomic mass is 35.5. The van der Waals surface area contributed by atoms with Crippen LogP contribution in [0.2, 0.25) is 5.02 Å². The van der Waals surface area contributed by atoms with Crippen LogP contribution in [0.3, 0.4) is 0 Å². The van der Waals surface area contributed by atoms with Crippen LogP contribution in [0.1, 0.15) is 16.7 Å². The normalized spacial score (nSPS) is 10.2. The Morgan fingerprint density at radius 1 is 1.29 bits per heavy atom. The Balaban J connectivity index is 2.31. The van der Waals surface area contributed by atoms with E-state index in [-0.39, 0.29) is 0 Å². The third kappa shape index (κ3) is 3.46. The van der Waals surface area contributed by atoms with Gasteiger partial charge in [0.05, 0.1) is 7.11 Å². The summed E-state index contributed by atoms with van der Waals surface area (Å²) in [6, 6.07) is 11.4. The van der Waals surface area contributed by atoms with Crippen LogP contribution in [0.4, 0.5) is 5.69 Å². The Bertz CT molecular complexity index is 673. The van der Waals surface area contributed by atoms with Crippen molar-refractivity contribution in [3.05, 3.63) is 58.1 Å². The lowest BCUT2D eigenvalue weighted by molar-refractivity contribution is 0.410. The van der Waals surface area contributed by atoms with Crippen LogP contribution < -0.4 is 15.8 Å². The van der Waals surface area contributed by atoms with Crippen LogP contribution in [0.15, 0.2) is 36.4 Å². The quantitative estimate of drug-likeness (QED) is 0.820. The summed E-state index contributed by atoms with van der Waals surface area (Å²) in [6.45, 7) is 2.54. The van der Waals surface area contributed by atoms with Crippen LogP contribution in [0.5, 0.6) is 5.75 Å². The number of anilines is 1. The van der Waals surface area contributed by atoms with Gasteiger partial charge in [-0.05, 0) is 30.7 Å². The van der Waals surface area contributed by atoms with Crippen LogP contribution in [-0.4, -0.2) is 12.1 Å². The molecule has 2 rings (SSSR count). The van der Waals surface area contributed by atoms with Crippen molar-refractivity contribution >= 4 is 34.5 Å². The second-order valence-electron chi connectivity index (χ2n) is 4.64. The van der Waals surface area contributed by atoms with Crippen molar-refractivity contribution in [3.8, 4) is 5.75 Å². The zero-order chi connectivity index (χ0) is 15.4. The van der Waals surface area contributed by atoms with Crippen LogP contribution >= 0.6 is 23.8 Å². The topological polar surface area (TPSA) is 47.3 Å². The molecule has 2 aromatic rings. The van der Waals surface area contributed by atoms with E-state index in [0.717, 1.165) is 28.1 Å². The number of ether oxygens (including phenoxy) is 1. The fourth-order valence-electron chi connectivity index (χ4n) is 2.19. The third-order valence-electron chi connectivity index (χ3n) is 3.28. The van der Waals surface area contributed by atoms with Crippen LogP contribution in [-0.2, 0) is 6.54 Å². The number of thiocarbonyl (C=S) groups is 1. The number of halogens is 1. The molecule has 5 heteroatoms. The van der Waals surface area contributed by atoms with E-state index >= 15 is 0 Å². The Morgan fingerprint density at radius 3 is 2.67 bits per heavy atom. The third-order valence-corrected chi connectivity index (χ3v) is 3.85. The molecule has 0 aromatic heterocycles. The highest BCUT2D eigenvalue weighted by molar-refractivity contribution is 7.80. The van der Waals surface area contributed by atoms with E-state index < -0.39 is 0 Å². The summed E-state index contributed by atoms with van der Waals surface area (Å²) in [5, 5.41) is 4.02. The predicted octanol–water partition coefficient (Wildman–Crippen LogP) is 3.90. The van der Waals surface area contributed by atoms with Gasteiger partial charge in [-0.3, -0.25) is 0 Å². The molecular weight excluding hydrogens is 304 g/mol. The molecule has 3 nitrogen and oxygen atoms in total. The SMILES string of the molecule is COc1cccc(Cl)c1CNc1c(C)cccc1C(N)=S. The monoisotopic (exact) mass is 320 g/mol. The number of hydrogen-bond acceptors (Lipinski definition) is 3. The molecule has 0 radical (unpaired) electrons. The molecule has 110 valence electrons. The standard InChI is InChI=1S/C16H17ClN2OS/c1-10-5-3-6-11(16(18)21)15(10)19-9-12-13(17)7-4-8-14(12)20-2/h3-8,19H,9H2,1-2H3,(H2,18,21). The molecule has 0 aliphatic rings. The number of aryl methyl sites for hydroxylation is 1. The number of para-hydroxylation sites is 1. The summed E-state index contributed by atoms with van der Waals surface area (Å²) < 4.78 is 5.35. The number of rotatable bonds is 5. The Labute approximate surface area is 135 Å². The van der Waals surface area contributed by atoms with Crippen LogP contribution in [0.25, 0.3) is 0 Å². The molecule has 0 saturated heterocycles. The van der Waals surface area contributed by atoms with E-state index in [9.17, 15) is 0 Å². The van der Waals surface area contributed by atoms with E-state index in [2.05, 4.69) is 5.32 Å². The molecular formula is C16H17ClN2OS. The molecule has 0 aliphatic heterocycles. The van der Waals surface area contributed by atoms with E-state index in [4.69, 9.17) is 34.3 Å². The zero-order valence-corrected chi connectivity index (χ0v) is 13.5. The summed E-state index contributed by atoms with van der Waals surface area (Å²) in [4.78, 5) is 0.368. The average molecular weight is 321 g/mol. The average Bonchev–Trinajstić information content (AvgIpc) is 2.46. The molecule has 2 aromatic carbocycles. The van der Waals surface area contributed by atoms with Crippen molar-refractivity contribution in [2.45, 2.75) is 13.5 Å². The molecule has 0 bridgehead atoms. The van der Waals surface area contributed by atoms with Crippen molar-refractivity contribution in [2.24, 2.45) is 5.73 Å². The van der Waals surface area contributed by atoms with Crippen molar-refractivity contribution in [1.82, 2.24) is 0 Å². The van der Waals surface area contributed by atoms with E-state index in [0.29, 0.717) is 16.6 Å². The molecule has 21 heavy (non-hydrogen) atoms. The number of benzene rings is 2. The largest absolute Gasteiger partial charge is 0.496 e. The summed E-state index contributed by atoms with van der Waals surface area (Å²) in [5.41, 5.74) is 9.51. The fraction of sp³-hybridized carbons (Fsp3) is 0.188. The van der Waals surface area contributed by atoms with Gasteiger partial charge in [0.25, 0.3) is 0 Å². The molecule has 0 saturated carbocycles. The van der Waals surface area contributed by atoms with Gasteiger partial charge >= 0.3 is 0 Å². The van der Waals surface area contributed by atoms with Gasteiger partial charge < -0.3 is 15.8 Å². The van der Waals surface area contributed by atoms with Crippen molar-refractivity contribution in [2.75, 3.05) is 12.4 Å². The maximum atomic E-state index is 6.25. The first kappa shape index (κ1) is 15.6. The second kappa shape index (κ2) is 6.78. The molecule has 3 N–H and O–H groups in total. The first-order valence-electron chi connectivity index (χ1n) is 6.49. The zero-order valence-electron chi connectivity index (χ0n) is 11.9. The van der Waals surface area contributed by atoms with Crippen molar-refractivity contribution in [3.63, 3.8) is 0 Å². The molecule has 0 fully saturated rings. The number of methoxy groups -OCH3 is 1. The van der Waals surface area contributed by atoms with Gasteiger partial charge in [-0.25, -0.2) is 0 Å². The Morgan fingerprint density at radius 2 is 2.00 bits per heavy atom. The Hall–Kier alpha value is -1.78. The van der Waals surface area contributed by atoms with Gasteiger partial charge in [-0.1, -0.05) is 42.0 Å². The minimum Gasteiger partial charge on any atom is -0.496 e.